The highest BCUT2D eigenvalue weighted by molar-refractivity contribution is 8.00. The summed E-state index contributed by atoms with van der Waals surface area (Å²) < 4.78 is 1.39. The van der Waals surface area contributed by atoms with Crippen LogP contribution in [0.15, 0.2) is 47.6 Å². The van der Waals surface area contributed by atoms with Crippen molar-refractivity contribution in [2.24, 2.45) is 0 Å². The summed E-state index contributed by atoms with van der Waals surface area (Å²) in [6.07, 6.45) is 0.519. The second kappa shape index (κ2) is 8.75. The molecule has 146 valence electrons. The Balaban J connectivity index is 1.71. The van der Waals surface area contributed by atoms with Gasteiger partial charge in [0.05, 0.1) is 5.25 Å². The van der Waals surface area contributed by atoms with Gasteiger partial charge in [-0.2, -0.15) is 0 Å². The number of nitrogens with zero attached hydrogens (tertiary/aromatic N) is 3. The standard InChI is InChI=1S/C19H22N6O2S/c1-3-21-18(27)22-17(26)12(2)28-19-24-23-16(25(19)20)11-14-9-6-8-13-7-4-5-10-15(13)14/h4-10,12H,3,11,20H2,1-2H3,(H2,21,22,26,27)/t12-/m0/s1. The van der Waals surface area contributed by atoms with Crippen molar-refractivity contribution in [1.29, 1.82) is 0 Å². The van der Waals surface area contributed by atoms with E-state index in [2.05, 4.69) is 39.0 Å². The number of nitrogen functional groups attached to an aromatic ring is 1. The maximum absolute atomic E-state index is 12.1. The van der Waals surface area contributed by atoms with Crippen LogP contribution >= 0.6 is 11.8 Å². The summed E-state index contributed by atoms with van der Waals surface area (Å²) in [6, 6.07) is 13.7. The lowest BCUT2D eigenvalue weighted by Crippen LogP contribution is -2.42. The predicted molar refractivity (Wildman–Crippen MR) is 109 cm³/mol. The van der Waals surface area contributed by atoms with Gasteiger partial charge in [0, 0.05) is 13.0 Å². The Morgan fingerprint density at radius 1 is 1.18 bits per heavy atom. The first kappa shape index (κ1) is 19.7. The first-order chi connectivity index (χ1) is 13.5. The van der Waals surface area contributed by atoms with Crippen molar-refractivity contribution >= 4 is 34.5 Å². The molecule has 8 nitrogen and oxygen atoms in total. The SMILES string of the molecule is CCNC(=O)NC(=O)[C@H](C)Sc1nnc(Cc2cccc3ccccc23)n1N. The number of hydrogen-bond acceptors (Lipinski definition) is 6. The highest BCUT2D eigenvalue weighted by Gasteiger charge is 2.21. The molecule has 3 amide bonds. The van der Waals surface area contributed by atoms with E-state index in [-0.39, 0.29) is 0 Å². The Bertz CT molecular complexity index is 998. The van der Waals surface area contributed by atoms with Gasteiger partial charge in [-0.3, -0.25) is 10.1 Å². The fourth-order valence-electron chi connectivity index (χ4n) is 2.76. The number of imide groups is 1. The van der Waals surface area contributed by atoms with E-state index in [9.17, 15) is 9.59 Å². The molecule has 0 aliphatic rings. The largest absolute Gasteiger partial charge is 0.338 e. The van der Waals surface area contributed by atoms with E-state index in [0.29, 0.717) is 23.9 Å². The van der Waals surface area contributed by atoms with Crippen LogP contribution in [0.5, 0.6) is 0 Å². The Labute approximate surface area is 166 Å². The fraction of sp³-hybridized carbons (Fsp3) is 0.263. The second-order valence-corrected chi connectivity index (χ2v) is 7.50. The highest BCUT2D eigenvalue weighted by Crippen LogP contribution is 2.24. The molecule has 0 unspecified atom stereocenters. The van der Waals surface area contributed by atoms with Gasteiger partial charge in [-0.05, 0) is 30.2 Å². The van der Waals surface area contributed by atoms with Crippen LogP contribution in [0.2, 0.25) is 0 Å². The van der Waals surface area contributed by atoms with E-state index < -0.39 is 17.2 Å². The molecule has 1 aromatic heterocycles. The lowest BCUT2D eigenvalue weighted by molar-refractivity contribution is -0.119. The lowest BCUT2D eigenvalue weighted by Gasteiger charge is -2.11. The molecule has 0 saturated carbocycles. The van der Waals surface area contributed by atoms with E-state index in [1.165, 1.54) is 4.68 Å². The zero-order chi connectivity index (χ0) is 20.1. The van der Waals surface area contributed by atoms with E-state index in [0.717, 1.165) is 28.1 Å². The van der Waals surface area contributed by atoms with Crippen molar-refractivity contribution in [3.05, 3.63) is 53.9 Å². The molecule has 1 heterocycles. The summed E-state index contributed by atoms with van der Waals surface area (Å²) in [5, 5.41) is 15.2. The topological polar surface area (TPSA) is 115 Å². The summed E-state index contributed by atoms with van der Waals surface area (Å²) >= 11 is 1.15. The van der Waals surface area contributed by atoms with Crippen molar-refractivity contribution < 1.29 is 9.59 Å². The quantitative estimate of drug-likeness (QED) is 0.432. The molecule has 9 heteroatoms. The molecular weight excluding hydrogens is 376 g/mol. The molecule has 0 radical (unpaired) electrons. The van der Waals surface area contributed by atoms with Gasteiger partial charge < -0.3 is 11.2 Å². The summed E-state index contributed by atoms with van der Waals surface area (Å²) in [4.78, 5) is 23.6. The summed E-state index contributed by atoms with van der Waals surface area (Å²) in [5.41, 5.74) is 1.09. The molecule has 1 atom stereocenters. The Morgan fingerprint density at radius 2 is 1.93 bits per heavy atom. The smallest absolute Gasteiger partial charge is 0.321 e. The molecule has 0 aliphatic heterocycles. The van der Waals surface area contributed by atoms with Gasteiger partial charge in [0.25, 0.3) is 0 Å². The van der Waals surface area contributed by atoms with Gasteiger partial charge in [0.2, 0.25) is 11.1 Å². The number of rotatable bonds is 6. The number of nitrogens with two attached hydrogens (primary N) is 1. The van der Waals surface area contributed by atoms with Crippen LogP contribution in [0.25, 0.3) is 10.8 Å². The zero-order valence-electron chi connectivity index (χ0n) is 15.7. The number of thioether (sulfide) groups is 1. The number of urea groups is 1. The minimum absolute atomic E-state index is 0.411. The Morgan fingerprint density at radius 3 is 2.71 bits per heavy atom. The summed E-state index contributed by atoms with van der Waals surface area (Å²) in [5.74, 6) is 6.32. The van der Waals surface area contributed by atoms with Crippen molar-refractivity contribution in [3.63, 3.8) is 0 Å². The molecule has 3 aromatic rings. The predicted octanol–water partition coefficient (Wildman–Crippen LogP) is 2.06. The molecule has 0 aliphatic carbocycles. The van der Waals surface area contributed by atoms with Crippen LogP contribution < -0.4 is 16.5 Å². The maximum atomic E-state index is 12.1. The molecule has 0 bridgehead atoms. The number of carbonyl (C=O) groups excluding carboxylic acids is 2. The number of hydrogen-bond donors (Lipinski definition) is 3. The van der Waals surface area contributed by atoms with E-state index >= 15 is 0 Å². The van der Waals surface area contributed by atoms with Crippen LogP contribution in [-0.2, 0) is 11.2 Å². The van der Waals surface area contributed by atoms with E-state index in [1.807, 2.05) is 24.3 Å². The lowest BCUT2D eigenvalue weighted by atomic mass is 10.0. The summed E-state index contributed by atoms with van der Waals surface area (Å²) in [6.45, 7) is 3.89. The number of carbonyl (C=O) groups is 2. The third-order valence-electron chi connectivity index (χ3n) is 4.19. The van der Waals surface area contributed by atoms with Gasteiger partial charge >= 0.3 is 6.03 Å². The second-order valence-electron chi connectivity index (χ2n) is 6.19. The first-order valence-corrected chi connectivity index (χ1v) is 9.79. The molecule has 3 rings (SSSR count). The third-order valence-corrected chi connectivity index (χ3v) is 5.25. The molecular formula is C19H22N6O2S. The normalized spacial score (nSPS) is 11.9. The van der Waals surface area contributed by atoms with Gasteiger partial charge in [0.15, 0.2) is 5.82 Å². The number of amides is 3. The number of aromatic nitrogens is 3. The average molecular weight is 398 g/mol. The van der Waals surface area contributed by atoms with E-state index in [4.69, 9.17) is 5.84 Å². The average Bonchev–Trinajstić information content (AvgIpc) is 3.02. The Hall–Kier alpha value is -3.07. The number of fused-ring (bicyclic) bond motifs is 1. The number of nitrogens with one attached hydrogen (secondary N) is 2. The van der Waals surface area contributed by atoms with Crippen LogP contribution in [0.4, 0.5) is 4.79 Å². The maximum Gasteiger partial charge on any atom is 0.321 e. The minimum Gasteiger partial charge on any atom is -0.338 e. The van der Waals surface area contributed by atoms with Crippen LogP contribution in [0.3, 0.4) is 0 Å². The molecule has 0 fully saturated rings. The highest BCUT2D eigenvalue weighted by atomic mass is 32.2. The van der Waals surface area contributed by atoms with Crippen molar-refractivity contribution in [2.45, 2.75) is 30.7 Å². The fourth-order valence-corrected chi connectivity index (χ4v) is 3.54. The van der Waals surface area contributed by atoms with Crippen LogP contribution in [0.1, 0.15) is 25.2 Å². The number of benzene rings is 2. The Kier molecular flexibility index (Phi) is 6.15. The van der Waals surface area contributed by atoms with Crippen molar-refractivity contribution in [3.8, 4) is 0 Å². The van der Waals surface area contributed by atoms with Crippen molar-refractivity contribution in [1.82, 2.24) is 25.5 Å². The minimum atomic E-state index is -0.556. The molecule has 28 heavy (non-hydrogen) atoms. The molecule has 2 aromatic carbocycles. The molecule has 4 N–H and O–H groups in total. The third kappa shape index (κ3) is 4.42. The first-order valence-electron chi connectivity index (χ1n) is 8.91. The zero-order valence-corrected chi connectivity index (χ0v) is 16.5. The monoisotopic (exact) mass is 398 g/mol. The van der Waals surface area contributed by atoms with Gasteiger partial charge in [-0.1, -0.05) is 54.2 Å². The summed E-state index contributed by atoms with van der Waals surface area (Å²) in [7, 11) is 0. The molecule has 0 saturated heterocycles. The van der Waals surface area contributed by atoms with Gasteiger partial charge in [0.1, 0.15) is 0 Å². The van der Waals surface area contributed by atoms with Crippen LogP contribution in [0, 0.1) is 0 Å². The molecule has 0 spiro atoms. The van der Waals surface area contributed by atoms with E-state index in [1.54, 1.807) is 13.8 Å². The van der Waals surface area contributed by atoms with Gasteiger partial charge in [-0.15, -0.1) is 10.2 Å². The van der Waals surface area contributed by atoms with Crippen LogP contribution in [-0.4, -0.2) is 38.6 Å². The van der Waals surface area contributed by atoms with Gasteiger partial charge in [-0.25, -0.2) is 9.47 Å². The van der Waals surface area contributed by atoms with Crippen molar-refractivity contribution in [2.75, 3.05) is 12.4 Å².